The summed E-state index contributed by atoms with van der Waals surface area (Å²) < 4.78 is 26.5. The van der Waals surface area contributed by atoms with E-state index in [1.165, 1.54) is 12.1 Å². The van der Waals surface area contributed by atoms with E-state index in [-0.39, 0.29) is 30.9 Å². The van der Waals surface area contributed by atoms with E-state index in [2.05, 4.69) is 5.32 Å². The number of aliphatic hydroxyl groups excluding tert-OH is 1. The summed E-state index contributed by atoms with van der Waals surface area (Å²) in [6, 6.07) is 11.3. The molecule has 0 fully saturated rings. The summed E-state index contributed by atoms with van der Waals surface area (Å²) in [4.78, 5) is 11.8. The quantitative estimate of drug-likeness (QED) is 0.860. The first-order valence-electron chi connectivity index (χ1n) is 7.41. The number of halogens is 2. The Labute approximate surface area is 134 Å². The molecule has 0 heterocycles. The highest BCUT2D eigenvalue weighted by Gasteiger charge is 2.12. The first kappa shape index (κ1) is 17.1. The van der Waals surface area contributed by atoms with Crippen LogP contribution in [-0.2, 0) is 11.2 Å². The Morgan fingerprint density at radius 3 is 2.57 bits per heavy atom. The summed E-state index contributed by atoms with van der Waals surface area (Å²) in [6.45, 7) is 2.02. The Morgan fingerprint density at radius 1 is 1.17 bits per heavy atom. The summed E-state index contributed by atoms with van der Waals surface area (Å²) in [7, 11) is 0. The van der Waals surface area contributed by atoms with Gasteiger partial charge in [0.25, 0.3) is 0 Å². The fraction of sp³-hybridized carbons (Fsp3) is 0.278. The lowest BCUT2D eigenvalue weighted by Crippen LogP contribution is -2.28. The smallest absolute Gasteiger partial charge is 0.220 e. The van der Waals surface area contributed by atoms with E-state index in [0.29, 0.717) is 5.56 Å². The van der Waals surface area contributed by atoms with Crippen molar-refractivity contribution in [1.82, 2.24) is 5.32 Å². The molecule has 23 heavy (non-hydrogen) atoms. The number of nitrogens with one attached hydrogen (secondary N) is 1. The molecule has 0 aliphatic heterocycles. The Hall–Kier alpha value is -2.27. The van der Waals surface area contributed by atoms with Crippen LogP contribution in [0, 0.1) is 18.6 Å². The number of hydrogen-bond donors (Lipinski definition) is 2. The first-order valence-corrected chi connectivity index (χ1v) is 7.41. The van der Waals surface area contributed by atoms with Crippen LogP contribution in [0.15, 0.2) is 42.5 Å². The third kappa shape index (κ3) is 4.86. The molecule has 2 aromatic rings. The van der Waals surface area contributed by atoms with Gasteiger partial charge in [-0.2, -0.15) is 0 Å². The average Bonchev–Trinajstić information content (AvgIpc) is 2.54. The van der Waals surface area contributed by atoms with Gasteiger partial charge in [0.15, 0.2) is 11.6 Å². The zero-order chi connectivity index (χ0) is 16.8. The number of aryl methyl sites for hydroxylation is 2. The minimum absolute atomic E-state index is 0.0288. The van der Waals surface area contributed by atoms with Crippen LogP contribution < -0.4 is 5.32 Å². The lowest BCUT2D eigenvalue weighted by molar-refractivity contribution is -0.121. The maximum absolute atomic E-state index is 13.5. The van der Waals surface area contributed by atoms with Crippen molar-refractivity contribution in [1.29, 1.82) is 0 Å². The third-order valence-electron chi connectivity index (χ3n) is 3.61. The molecule has 2 N–H and O–H groups in total. The van der Waals surface area contributed by atoms with Gasteiger partial charge in [-0.25, -0.2) is 8.78 Å². The number of rotatable bonds is 6. The SMILES string of the molecule is Cc1ccc([C@H](O)CNC(=O)CCc2cccc(F)c2F)cc1. The maximum atomic E-state index is 13.5. The van der Waals surface area contributed by atoms with Crippen molar-refractivity contribution in [3.05, 3.63) is 70.8 Å². The first-order chi connectivity index (χ1) is 11.0. The van der Waals surface area contributed by atoms with Crippen molar-refractivity contribution in [2.75, 3.05) is 6.54 Å². The molecule has 1 amide bonds. The van der Waals surface area contributed by atoms with Crippen LogP contribution in [0.3, 0.4) is 0 Å². The Bertz CT molecular complexity index is 671. The molecule has 0 bridgehead atoms. The van der Waals surface area contributed by atoms with E-state index in [1.54, 1.807) is 12.1 Å². The molecule has 0 aromatic heterocycles. The Morgan fingerprint density at radius 2 is 1.87 bits per heavy atom. The zero-order valence-corrected chi connectivity index (χ0v) is 12.9. The van der Waals surface area contributed by atoms with E-state index < -0.39 is 17.7 Å². The number of hydrogen-bond acceptors (Lipinski definition) is 2. The molecule has 2 rings (SSSR count). The summed E-state index contributed by atoms with van der Waals surface area (Å²) in [5, 5.41) is 12.6. The summed E-state index contributed by atoms with van der Waals surface area (Å²) in [6.07, 6.45) is -0.665. The molecule has 0 saturated heterocycles. The molecule has 0 saturated carbocycles. The Kier molecular flexibility index (Phi) is 5.82. The molecule has 0 unspecified atom stereocenters. The predicted molar refractivity (Wildman–Crippen MR) is 83.8 cm³/mol. The number of aliphatic hydroxyl groups is 1. The lowest BCUT2D eigenvalue weighted by Gasteiger charge is -2.12. The molecule has 0 aliphatic carbocycles. The standard InChI is InChI=1S/C18H19F2NO2/c1-12-5-7-13(8-6-12)16(22)11-21-17(23)10-9-14-3-2-4-15(19)18(14)20/h2-8,16,22H,9-11H2,1H3,(H,21,23)/t16-/m1/s1. The van der Waals surface area contributed by atoms with E-state index in [0.717, 1.165) is 11.6 Å². The summed E-state index contributed by atoms with van der Waals surface area (Å²) >= 11 is 0. The normalized spacial score (nSPS) is 12.0. The molecule has 5 heteroatoms. The molecule has 0 radical (unpaired) electrons. The van der Waals surface area contributed by atoms with Crippen molar-refractivity contribution >= 4 is 5.91 Å². The monoisotopic (exact) mass is 319 g/mol. The molecule has 2 aromatic carbocycles. The van der Waals surface area contributed by atoms with Crippen LogP contribution in [0.25, 0.3) is 0 Å². The average molecular weight is 319 g/mol. The Balaban J connectivity index is 1.81. The van der Waals surface area contributed by atoms with Gasteiger partial charge in [-0.3, -0.25) is 4.79 Å². The van der Waals surface area contributed by atoms with Gasteiger partial charge in [-0.15, -0.1) is 0 Å². The highest BCUT2D eigenvalue weighted by molar-refractivity contribution is 5.76. The predicted octanol–water partition coefficient (Wildman–Crippen LogP) is 3.06. The highest BCUT2D eigenvalue weighted by atomic mass is 19.2. The van der Waals surface area contributed by atoms with E-state index >= 15 is 0 Å². The zero-order valence-electron chi connectivity index (χ0n) is 12.9. The number of benzene rings is 2. The molecule has 0 spiro atoms. The fourth-order valence-electron chi connectivity index (χ4n) is 2.20. The van der Waals surface area contributed by atoms with E-state index in [1.807, 2.05) is 19.1 Å². The second-order valence-electron chi connectivity index (χ2n) is 5.44. The van der Waals surface area contributed by atoms with Gasteiger partial charge in [0, 0.05) is 13.0 Å². The van der Waals surface area contributed by atoms with Gasteiger partial charge >= 0.3 is 0 Å². The van der Waals surface area contributed by atoms with Gasteiger partial charge in [0.2, 0.25) is 5.91 Å². The van der Waals surface area contributed by atoms with Gasteiger partial charge in [0.1, 0.15) is 0 Å². The second kappa shape index (κ2) is 7.83. The lowest BCUT2D eigenvalue weighted by atomic mass is 10.1. The van der Waals surface area contributed by atoms with Gasteiger partial charge < -0.3 is 10.4 Å². The number of carbonyl (C=O) groups excluding carboxylic acids is 1. The van der Waals surface area contributed by atoms with Crippen molar-refractivity contribution in [2.24, 2.45) is 0 Å². The molecular weight excluding hydrogens is 300 g/mol. The van der Waals surface area contributed by atoms with E-state index in [4.69, 9.17) is 0 Å². The minimum atomic E-state index is -0.919. The highest BCUT2D eigenvalue weighted by Crippen LogP contribution is 2.14. The fourth-order valence-corrected chi connectivity index (χ4v) is 2.20. The minimum Gasteiger partial charge on any atom is -0.387 e. The van der Waals surface area contributed by atoms with Crippen molar-refractivity contribution < 1.29 is 18.7 Å². The van der Waals surface area contributed by atoms with Crippen LogP contribution in [0.1, 0.15) is 29.2 Å². The van der Waals surface area contributed by atoms with Crippen LogP contribution in [-0.4, -0.2) is 17.6 Å². The summed E-state index contributed by atoms with van der Waals surface area (Å²) in [5.74, 6) is -2.16. The number of carbonyl (C=O) groups is 1. The maximum Gasteiger partial charge on any atom is 0.220 e. The van der Waals surface area contributed by atoms with Crippen LogP contribution in [0.4, 0.5) is 8.78 Å². The number of amides is 1. The molecule has 1 atom stereocenters. The van der Waals surface area contributed by atoms with Crippen molar-refractivity contribution in [2.45, 2.75) is 25.9 Å². The third-order valence-corrected chi connectivity index (χ3v) is 3.61. The molecule has 0 aliphatic rings. The molecule has 122 valence electrons. The van der Waals surface area contributed by atoms with E-state index in [9.17, 15) is 18.7 Å². The van der Waals surface area contributed by atoms with Gasteiger partial charge in [0.05, 0.1) is 6.10 Å². The summed E-state index contributed by atoms with van der Waals surface area (Å²) in [5.41, 5.74) is 1.97. The largest absolute Gasteiger partial charge is 0.387 e. The molecular formula is C18H19F2NO2. The van der Waals surface area contributed by atoms with Gasteiger partial charge in [-0.05, 0) is 30.5 Å². The van der Waals surface area contributed by atoms with Crippen LogP contribution in [0.5, 0.6) is 0 Å². The van der Waals surface area contributed by atoms with Crippen molar-refractivity contribution in [3.63, 3.8) is 0 Å². The van der Waals surface area contributed by atoms with Crippen molar-refractivity contribution in [3.8, 4) is 0 Å². The van der Waals surface area contributed by atoms with Crippen LogP contribution >= 0.6 is 0 Å². The molecule has 3 nitrogen and oxygen atoms in total. The topological polar surface area (TPSA) is 49.3 Å². The van der Waals surface area contributed by atoms with Gasteiger partial charge in [-0.1, -0.05) is 42.0 Å². The second-order valence-corrected chi connectivity index (χ2v) is 5.44. The van der Waals surface area contributed by atoms with Crippen LogP contribution in [0.2, 0.25) is 0 Å².